The molecule has 0 spiro atoms. The summed E-state index contributed by atoms with van der Waals surface area (Å²) in [6.07, 6.45) is -9.09. The van der Waals surface area contributed by atoms with E-state index in [1.807, 2.05) is 0 Å². The van der Waals surface area contributed by atoms with Crippen LogP contribution in [0.15, 0.2) is 15.8 Å². The van der Waals surface area contributed by atoms with Crippen molar-refractivity contribution in [3.63, 3.8) is 0 Å². The number of aromatic nitrogens is 2. The minimum atomic E-state index is -5.43. The predicted molar refractivity (Wildman–Crippen MR) is 119 cm³/mol. The Morgan fingerprint density at radius 1 is 1.14 bits per heavy atom. The maximum absolute atomic E-state index is 12.3. The monoisotopic (exact) mass is 580 g/mol. The standard InChI is InChI=1S/C16H26N2O15P2S/c1-6-3-18(16(24)17-14(6)23)10-2-7(20)9(30-10)5-29-34(25,26)33-35(27,28)32-15-13(36)12(22)11(21)8(4-19)31-15/h3,7-13,15,19-22,36H,2,4-5H2,1H3,(H,25,26)(H,27,28)(H,17,23,24)/t7-,8?,9-,10-,11-,12+,13?,15-/m1/s1. The molecule has 4 unspecified atom stereocenters. The summed E-state index contributed by atoms with van der Waals surface area (Å²) >= 11 is 3.90. The molecule has 17 nitrogen and oxygen atoms in total. The fourth-order valence-electron chi connectivity index (χ4n) is 3.46. The van der Waals surface area contributed by atoms with Crippen LogP contribution in [0.25, 0.3) is 0 Å². The molecule has 0 aliphatic carbocycles. The van der Waals surface area contributed by atoms with Crippen molar-refractivity contribution in [2.45, 2.75) is 61.6 Å². The van der Waals surface area contributed by atoms with Gasteiger partial charge in [-0.05, 0) is 6.92 Å². The number of hydrogen-bond donors (Lipinski definition) is 8. The van der Waals surface area contributed by atoms with Crippen LogP contribution < -0.4 is 11.2 Å². The lowest BCUT2D eigenvalue weighted by molar-refractivity contribution is -0.228. The van der Waals surface area contributed by atoms with E-state index >= 15 is 0 Å². The average molecular weight is 580 g/mol. The van der Waals surface area contributed by atoms with Gasteiger partial charge < -0.3 is 39.7 Å². The molecule has 20 heteroatoms. The van der Waals surface area contributed by atoms with Gasteiger partial charge in [0, 0.05) is 18.2 Å². The van der Waals surface area contributed by atoms with E-state index in [0.717, 1.165) is 4.57 Å². The Balaban J connectivity index is 1.59. The summed E-state index contributed by atoms with van der Waals surface area (Å²) in [4.78, 5) is 45.3. The minimum absolute atomic E-state index is 0.153. The number of aliphatic hydroxyl groups excluding tert-OH is 4. The lowest BCUT2D eigenvalue weighted by atomic mass is 10.0. The lowest BCUT2D eigenvalue weighted by Gasteiger charge is -2.40. The molecule has 0 radical (unpaired) electrons. The van der Waals surface area contributed by atoms with E-state index in [2.05, 4.69) is 31.0 Å². The van der Waals surface area contributed by atoms with Crippen molar-refractivity contribution in [3.05, 3.63) is 32.6 Å². The molecule has 0 bridgehead atoms. The van der Waals surface area contributed by atoms with Crippen molar-refractivity contribution < 1.29 is 62.2 Å². The first kappa shape index (κ1) is 29.6. The number of nitrogens with zero attached hydrogens (tertiary/aromatic N) is 1. The van der Waals surface area contributed by atoms with Crippen LogP contribution in [-0.2, 0) is 32.0 Å². The summed E-state index contributed by atoms with van der Waals surface area (Å²) in [6, 6.07) is 0. The lowest BCUT2D eigenvalue weighted by Crippen LogP contribution is -2.57. The van der Waals surface area contributed by atoms with Crippen LogP contribution in [-0.4, -0.2) is 95.0 Å². The maximum atomic E-state index is 12.3. The molecule has 36 heavy (non-hydrogen) atoms. The molecule has 0 saturated carbocycles. The van der Waals surface area contributed by atoms with Crippen LogP contribution >= 0.6 is 28.3 Å². The molecule has 1 aromatic heterocycles. The van der Waals surface area contributed by atoms with Crippen LogP contribution in [0.3, 0.4) is 0 Å². The van der Waals surface area contributed by atoms with Crippen molar-refractivity contribution >= 4 is 28.3 Å². The highest BCUT2D eigenvalue weighted by molar-refractivity contribution is 7.81. The summed E-state index contributed by atoms with van der Waals surface area (Å²) in [7, 11) is -10.8. The van der Waals surface area contributed by atoms with Gasteiger partial charge in [-0.15, -0.1) is 0 Å². The third kappa shape index (κ3) is 6.92. The van der Waals surface area contributed by atoms with E-state index in [1.54, 1.807) is 0 Å². The van der Waals surface area contributed by atoms with Gasteiger partial charge in [-0.3, -0.25) is 23.4 Å². The molecular formula is C16H26N2O15P2S. The summed E-state index contributed by atoms with van der Waals surface area (Å²) in [5, 5.41) is 37.6. The number of ether oxygens (including phenoxy) is 2. The number of aryl methyl sites for hydroxylation is 1. The summed E-state index contributed by atoms with van der Waals surface area (Å²) in [5.74, 6) is 0. The van der Waals surface area contributed by atoms with Gasteiger partial charge in [-0.1, -0.05) is 0 Å². The van der Waals surface area contributed by atoms with Crippen molar-refractivity contribution in [2.75, 3.05) is 13.2 Å². The molecule has 2 fully saturated rings. The highest BCUT2D eigenvalue weighted by Gasteiger charge is 2.48. The van der Waals surface area contributed by atoms with E-state index in [9.17, 15) is 48.9 Å². The highest BCUT2D eigenvalue weighted by atomic mass is 32.1. The Kier molecular flexibility index (Phi) is 9.40. The van der Waals surface area contributed by atoms with Gasteiger partial charge in [0.25, 0.3) is 5.56 Å². The first-order valence-electron chi connectivity index (χ1n) is 10.3. The molecule has 7 N–H and O–H groups in total. The van der Waals surface area contributed by atoms with Crippen molar-refractivity contribution in [3.8, 4) is 0 Å². The molecular weight excluding hydrogens is 554 g/mol. The van der Waals surface area contributed by atoms with Gasteiger partial charge in [0.05, 0.1) is 30.7 Å². The average Bonchev–Trinajstić information content (AvgIpc) is 3.14. The van der Waals surface area contributed by atoms with Gasteiger partial charge in [-0.25, -0.2) is 13.9 Å². The Hall–Kier alpha value is -0.950. The molecule has 206 valence electrons. The zero-order valence-corrected chi connectivity index (χ0v) is 21.1. The van der Waals surface area contributed by atoms with E-state index in [4.69, 9.17) is 9.47 Å². The molecule has 0 amide bonds. The highest BCUT2D eigenvalue weighted by Crippen LogP contribution is 2.61. The van der Waals surface area contributed by atoms with Crippen LogP contribution in [0.5, 0.6) is 0 Å². The maximum Gasteiger partial charge on any atom is 0.483 e. The zero-order chi connectivity index (χ0) is 27.0. The van der Waals surface area contributed by atoms with Crippen molar-refractivity contribution in [1.82, 2.24) is 9.55 Å². The molecule has 3 rings (SSSR count). The molecule has 1 aromatic rings. The SMILES string of the molecule is Cc1cn([C@H]2C[C@@H](O)[C@@H](COP(=O)(O)OP(=O)(O)O[C@H]3OC(CO)[C@@H](O)[C@H](O)C3S)O2)c(=O)[nH]c1=O. The van der Waals surface area contributed by atoms with E-state index in [-0.39, 0.29) is 12.0 Å². The quantitative estimate of drug-likeness (QED) is 0.111. The number of phosphoric ester groups is 2. The Bertz CT molecular complexity index is 1140. The molecule has 10 atom stereocenters. The molecule has 2 aliphatic heterocycles. The fraction of sp³-hybridized carbons (Fsp3) is 0.750. The van der Waals surface area contributed by atoms with Crippen molar-refractivity contribution in [2.24, 2.45) is 0 Å². The molecule has 2 aliphatic rings. The van der Waals surface area contributed by atoms with Crippen molar-refractivity contribution in [1.29, 1.82) is 0 Å². The fourth-order valence-corrected chi connectivity index (χ4v) is 6.03. The second-order valence-corrected chi connectivity index (χ2v) is 11.6. The topological polar surface area (TPSA) is 257 Å². The first-order valence-corrected chi connectivity index (χ1v) is 13.8. The Morgan fingerprint density at radius 2 is 1.81 bits per heavy atom. The van der Waals surface area contributed by atoms with Crippen LogP contribution in [0.4, 0.5) is 0 Å². The smallest absolute Gasteiger partial charge is 0.394 e. The number of nitrogens with one attached hydrogen (secondary N) is 1. The van der Waals surface area contributed by atoms with Crippen LogP contribution in [0.1, 0.15) is 18.2 Å². The van der Waals surface area contributed by atoms with E-state index in [1.165, 1.54) is 13.1 Å². The minimum Gasteiger partial charge on any atom is -0.394 e. The van der Waals surface area contributed by atoms with Crippen LogP contribution in [0.2, 0.25) is 0 Å². The first-order chi connectivity index (χ1) is 16.6. The third-order valence-electron chi connectivity index (χ3n) is 5.35. The molecule has 0 aromatic carbocycles. The van der Waals surface area contributed by atoms with Gasteiger partial charge in [0.15, 0.2) is 6.29 Å². The second-order valence-electron chi connectivity index (χ2n) is 8.03. The Morgan fingerprint density at radius 3 is 2.44 bits per heavy atom. The zero-order valence-electron chi connectivity index (χ0n) is 18.5. The molecule has 3 heterocycles. The summed E-state index contributed by atoms with van der Waals surface area (Å²) in [6.45, 7) is -0.183. The number of rotatable bonds is 9. The number of thiol groups is 1. The third-order valence-corrected chi connectivity index (χ3v) is 8.50. The number of aromatic amines is 1. The number of hydrogen-bond acceptors (Lipinski definition) is 14. The van der Waals surface area contributed by atoms with Crippen LogP contribution in [0, 0.1) is 6.92 Å². The predicted octanol–water partition coefficient (Wildman–Crippen LogP) is -2.52. The summed E-state index contributed by atoms with van der Waals surface area (Å²) in [5.41, 5.74) is -1.23. The molecule has 2 saturated heterocycles. The Labute approximate surface area is 207 Å². The number of phosphoric acid groups is 2. The van der Waals surface area contributed by atoms with Gasteiger partial charge in [-0.2, -0.15) is 16.9 Å². The van der Waals surface area contributed by atoms with E-state index < -0.39 is 88.4 Å². The van der Waals surface area contributed by atoms with Gasteiger partial charge >= 0.3 is 21.3 Å². The van der Waals surface area contributed by atoms with Gasteiger partial charge in [0.2, 0.25) is 0 Å². The van der Waals surface area contributed by atoms with Gasteiger partial charge in [0.1, 0.15) is 24.5 Å². The van der Waals surface area contributed by atoms with E-state index in [0.29, 0.717) is 0 Å². The number of aliphatic hydroxyl groups is 4. The second kappa shape index (κ2) is 11.4. The summed E-state index contributed by atoms with van der Waals surface area (Å²) < 4.78 is 49.4. The number of H-pyrrole nitrogens is 1. The largest absolute Gasteiger partial charge is 0.483 e. The normalized spacial score (nSPS) is 36.3.